The van der Waals surface area contributed by atoms with Crippen molar-refractivity contribution in [3.8, 4) is 16.2 Å². The second-order valence-electron chi connectivity index (χ2n) is 4.97. The third kappa shape index (κ3) is 4.32. The summed E-state index contributed by atoms with van der Waals surface area (Å²) in [4.78, 5) is 26.1. The predicted octanol–water partition coefficient (Wildman–Crippen LogP) is 3.36. The molecule has 1 heterocycles. The van der Waals surface area contributed by atoms with Gasteiger partial charge in [-0.1, -0.05) is 30.3 Å². The maximum absolute atomic E-state index is 12.6. The molecular formula is C17H19NO4S. The number of aliphatic carboxylic acids is 1. The maximum Gasteiger partial charge on any atom is 0.305 e. The fourth-order valence-electron chi connectivity index (χ4n) is 2.07. The van der Waals surface area contributed by atoms with Gasteiger partial charge in [-0.3, -0.25) is 9.59 Å². The Morgan fingerprint density at radius 2 is 1.96 bits per heavy atom. The number of carbonyl (C=O) groups excluding carboxylic acids is 1. The summed E-state index contributed by atoms with van der Waals surface area (Å²) in [5, 5.41) is 8.75. The van der Waals surface area contributed by atoms with Gasteiger partial charge in [0.2, 0.25) is 0 Å². The fraction of sp³-hybridized carbons (Fsp3) is 0.294. The number of nitrogens with zero attached hydrogens (tertiary/aromatic N) is 1. The van der Waals surface area contributed by atoms with Gasteiger partial charge in [-0.15, -0.1) is 11.3 Å². The van der Waals surface area contributed by atoms with Crippen molar-refractivity contribution in [1.82, 2.24) is 4.90 Å². The number of carboxylic acids is 1. The summed E-state index contributed by atoms with van der Waals surface area (Å²) in [5.74, 6) is -0.601. The van der Waals surface area contributed by atoms with Crippen molar-refractivity contribution < 1.29 is 19.4 Å². The van der Waals surface area contributed by atoms with Crippen molar-refractivity contribution in [2.45, 2.75) is 13.3 Å². The van der Waals surface area contributed by atoms with Gasteiger partial charge in [-0.2, -0.15) is 0 Å². The van der Waals surface area contributed by atoms with Gasteiger partial charge in [0.1, 0.15) is 10.6 Å². The van der Waals surface area contributed by atoms with Gasteiger partial charge in [-0.05, 0) is 18.6 Å². The first-order valence-corrected chi connectivity index (χ1v) is 8.14. The van der Waals surface area contributed by atoms with Crippen LogP contribution in [0.25, 0.3) is 10.4 Å². The molecule has 0 spiro atoms. The molecule has 1 aromatic heterocycles. The minimum absolute atomic E-state index is 0.0802. The quantitative estimate of drug-likeness (QED) is 0.844. The number of hydrogen-bond donors (Lipinski definition) is 1. The molecule has 0 atom stereocenters. The summed E-state index contributed by atoms with van der Waals surface area (Å²) in [6.07, 6.45) is -0.0802. The average molecular weight is 333 g/mol. The van der Waals surface area contributed by atoms with E-state index in [0.29, 0.717) is 17.2 Å². The van der Waals surface area contributed by atoms with Gasteiger partial charge in [0.25, 0.3) is 5.91 Å². The lowest BCUT2D eigenvalue weighted by Gasteiger charge is -2.15. The SMILES string of the molecule is CCOc1cc(-c2ccccc2)sc1C(=O)N(C)CCC(=O)O. The smallest absolute Gasteiger partial charge is 0.305 e. The molecule has 23 heavy (non-hydrogen) atoms. The van der Waals surface area contributed by atoms with E-state index in [9.17, 15) is 9.59 Å². The first kappa shape index (κ1) is 17.0. The van der Waals surface area contributed by atoms with Crippen LogP contribution in [0.2, 0.25) is 0 Å². The minimum atomic E-state index is -0.925. The van der Waals surface area contributed by atoms with Crippen molar-refractivity contribution in [2.24, 2.45) is 0 Å². The summed E-state index contributed by atoms with van der Waals surface area (Å²) in [5.41, 5.74) is 1.02. The van der Waals surface area contributed by atoms with Crippen LogP contribution in [0.4, 0.5) is 0 Å². The Balaban J connectivity index is 2.27. The zero-order chi connectivity index (χ0) is 16.8. The van der Waals surface area contributed by atoms with Gasteiger partial charge >= 0.3 is 5.97 Å². The highest BCUT2D eigenvalue weighted by Gasteiger charge is 2.21. The normalized spacial score (nSPS) is 10.3. The molecule has 0 fully saturated rings. The topological polar surface area (TPSA) is 66.8 Å². The zero-order valence-corrected chi connectivity index (χ0v) is 13.9. The number of thiophene rings is 1. The lowest BCUT2D eigenvalue weighted by Crippen LogP contribution is -2.28. The average Bonchev–Trinajstić information content (AvgIpc) is 2.97. The molecule has 0 radical (unpaired) electrons. The summed E-state index contributed by atoms with van der Waals surface area (Å²) >= 11 is 1.36. The van der Waals surface area contributed by atoms with Crippen LogP contribution >= 0.6 is 11.3 Å². The van der Waals surface area contributed by atoms with E-state index in [1.807, 2.05) is 43.3 Å². The van der Waals surface area contributed by atoms with Crippen LogP contribution < -0.4 is 4.74 Å². The first-order chi connectivity index (χ1) is 11.0. The number of hydrogen-bond acceptors (Lipinski definition) is 4. The molecule has 2 rings (SSSR count). The van der Waals surface area contributed by atoms with Crippen LogP contribution in [-0.2, 0) is 4.79 Å². The van der Waals surface area contributed by atoms with Crippen molar-refractivity contribution in [3.05, 3.63) is 41.3 Å². The minimum Gasteiger partial charge on any atom is -0.492 e. The van der Waals surface area contributed by atoms with Crippen molar-refractivity contribution in [3.63, 3.8) is 0 Å². The number of rotatable bonds is 7. The van der Waals surface area contributed by atoms with Gasteiger partial charge in [-0.25, -0.2) is 0 Å². The number of carboxylic acid groups (broad SMARTS) is 1. The molecule has 1 amide bonds. The molecule has 0 aliphatic rings. The van der Waals surface area contributed by atoms with E-state index in [0.717, 1.165) is 10.4 Å². The Kier molecular flexibility index (Phi) is 5.76. The van der Waals surface area contributed by atoms with E-state index in [4.69, 9.17) is 9.84 Å². The van der Waals surface area contributed by atoms with Crippen LogP contribution in [0.1, 0.15) is 23.0 Å². The summed E-state index contributed by atoms with van der Waals surface area (Å²) < 4.78 is 5.58. The number of amides is 1. The van der Waals surface area contributed by atoms with Gasteiger partial charge in [0, 0.05) is 18.5 Å². The molecule has 6 heteroatoms. The molecule has 0 aliphatic carbocycles. The Morgan fingerprint density at radius 1 is 1.26 bits per heavy atom. The molecule has 0 bridgehead atoms. The second kappa shape index (κ2) is 7.78. The van der Waals surface area contributed by atoms with Crippen molar-refractivity contribution in [1.29, 1.82) is 0 Å². The van der Waals surface area contributed by atoms with Crippen molar-refractivity contribution >= 4 is 23.2 Å². The molecule has 0 saturated heterocycles. The molecule has 0 aliphatic heterocycles. The molecule has 0 saturated carbocycles. The highest BCUT2D eigenvalue weighted by molar-refractivity contribution is 7.17. The third-order valence-corrected chi connectivity index (χ3v) is 4.41. The first-order valence-electron chi connectivity index (χ1n) is 7.32. The Morgan fingerprint density at radius 3 is 2.57 bits per heavy atom. The monoisotopic (exact) mass is 333 g/mol. The largest absolute Gasteiger partial charge is 0.492 e. The van der Waals surface area contributed by atoms with Crippen LogP contribution in [-0.4, -0.2) is 42.1 Å². The van der Waals surface area contributed by atoms with E-state index in [1.165, 1.54) is 16.2 Å². The van der Waals surface area contributed by atoms with Crippen LogP contribution in [0.5, 0.6) is 5.75 Å². The molecular weight excluding hydrogens is 314 g/mol. The fourth-order valence-corrected chi connectivity index (χ4v) is 3.17. The van der Waals surface area contributed by atoms with Gasteiger partial charge in [0.15, 0.2) is 0 Å². The van der Waals surface area contributed by atoms with Gasteiger partial charge in [0.05, 0.1) is 13.0 Å². The number of carbonyl (C=O) groups is 2. The third-order valence-electron chi connectivity index (χ3n) is 3.26. The van der Waals surface area contributed by atoms with Crippen LogP contribution in [0.3, 0.4) is 0 Å². The van der Waals surface area contributed by atoms with E-state index < -0.39 is 5.97 Å². The lowest BCUT2D eigenvalue weighted by molar-refractivity contribution is -0.137. The molecule has 122 valence electrons. The summed E-state index contributed by atoms with van der Waals surface area (Å²) in [7, 11) is 1.60. The Labute approximate surface area is 139 Å². The van der Waals surface area contributed by atoms with E-state index >= 15 is 0 Å². The van der Waals surface area contributed by atoms with E-state index in [1.54, 1.807) is 7.05 Å². The molecule has 5 nitrogen and oxygen atoms in total. The molecule has 2 aromatic rings. The number of benzene rings is 1. The van der Waals surface area contributed by atoms with Crippen molar-refractivity contribution in [2.75, 3.05) is 20.2 Å². The van der Waals surface area contributed by atoms with Crippen LogP contribution in [0.15, 0.2) is 36.4 Å². The zero-order valence-electron chi connectivity index (χ0n) is 13.1. The molecule has 0 unspecified atom stereocenters. The van der Waals surface area contributed by atoms with Crippen LogP contribution in [0, 0.1) is 0 Å². The Hall–Kier alpha value is -2.34. The highest BCUT2D eigenvalue weighted by Crippen LogP contribution is 2.37. The summed E-state index contributed by atoms with van der Waals surface area (Å²) in [6.45, 7) is 2.49. The Bertz CT molecular complexity index is 681. The molecule has 1 N–H and O–H groups in total. The summed E-state index contributed by atoms with van der Waals surface area (Å²) in [6, 6.07) is 11.6. The standard InChI is InChI=1S/C17H19NO4S/c1-3-22-13-11-14(12-7-5-4-6-8-12)23-16(13)17(21)18(2)10-9-15(19)20/h4-8,11H,3,9-10H2,1-2H3,(H,19,20). The van der Waals surface area contributed by atoms with E-state index in [-0.39, 0.29) is 18.9 Å². The highest BCUT2D eigenvalue weighted by atomic mass is 32.1. The molecule has 1 aromatic carbocycles. The predicted molar refractivity (Wildman–Crippen MR) is 90.1 cm³/mol. The van der Waals surface area contributed by atoms with E-state index in [2.05, 4.69) is 0 Å². The maximum atomic E-state index is 12.6. The van der Waals surface area contributed by atoms with Gasteiger partial charge < -0.3 is 14.7 Å². The second-order valence-corrected chi connectivity index (χ2v) is 6.03. The lowest BCUT2D eigenvalue weighted by atomic mass is 10.2. The number of ether oxygens (including phenoxy) is 1.